The Labute approximate surface area is 112 Å². The first-order valence-electron chi connectivity index (χ1n) is 7.56. The molecule has 106 valence electrons. The Bertz CT molecular complexity index is 263. The zero-order chi connectivity index (χ0) is 13.7. The summed E-state index contributed by atoms with van der Waals surface area (Å²) in [6.07, 6.45) is 3.83. The molecule has 1 aliphatic rings. The second-order valence-electron chi connectivity index (χ2n) is 5.77. The molecule has 1 N–H and O–H groups in total. The number of carbonyl (C=O) groups excluding carboxylic acids is 1. The number of carbonyl (C=O) groups is 1. The molecule has 0 aromatic carbocycles. The van der Waals surface area contributed by atoms with Gasteiger partial charge in [0.2, 0.25) is 5.91 Å². The maximum atomic E-state index is 12.2. The molecule has 0 aliphatic heterocycles. The van der Waals surface area contributed by atoms with Crippen molar-refractivity contribution in [2.45, 2.75) is 66.0 Å². The van der Waals surface area contributed by atoms with Gasteiger partial charge >= 0.3 is 0 Å². The number of amides is 1. The Morgan fingerprint density at radius 3 is 2.44 bits per heavy atom. The van der Waals surface area contributed by atoms with Crippen LogP contribution in [0.25, 0.3) is 0 Å². The lowest BCUT2D eigenvalue weighted by atomic mass is 9.78. The fourth-order valence-electron chi connectivity index (χ4n) is 3.02. The highest BCUT2D eigenvalue weighted by Gasteiger charge is 2.29. The Balaban J connectivity index is 2.52. The maximum absolute atomic E-state index is 12.2. The van der Waals surface area contributed by atoms with Crippen LogP contribution in [0.3, 0.4) is 0 Å². The molecule has 0 heterocycles. The van der Waals surface area contributed by atoms with E-state index in [1.54, 1.807) is 0 Å². The van der Waals surface area contributed by atoms with Crippen LogP contribution in [-0.4, -0.2) is 36.0 Å². The van der Waals surface area contributed by atoms with E-state index >= 15 is 0 Å². The monoisotopic (exact) mass is 254 g/mol. The van der Waals surface area contributed by atoms with Crippen LogP contribution in [0.15, 0.2) is 0 Å². The van der Waals surface area contributed by atoms with Gasteiger partial charge in [0, 0.05) is 19.1 Å². The summed E-state index contributed by atoms with van der Waals surface area (Å²) in [5, 5.41) is 3.56. The van der Waals surface area contributed by atoms with Crippen LogP contribution < -0.4 is 5.32 Å². The number of likely N-dealkylation sites (N-methyl/N-ethyl adjacent to an activating group) is 1. The van der Waals surface area contributed by atoms with Crippen LogP contribution in [0.2, 0.25) is 0 Å². The van der Waals surface area contributed by atoms with Crippen molar-refractivity contribution in [1.29, 1.82) is 0 Å². The van der Waals surface area contributed by atoms with E-state index in [1.807, 2.05) is 25.7 Å². The molecule has 0 aromatic rings. The van der Waals surface area contributed by atoms with Crippen LogP contribution >= 0.6 is 0 Å². The van der Waals surface area contributed by atoms with Crippen LogP contribution in [0, 0.1) is 11.8 Å². The zero-order valence-corrected chi connectivity index (χ0v) is 12.7. The molecular weight excluding hydrogens is 224 g/mol. The van der Waals surface area contributed by atoms with Gasteiger partial charge in [-0.3, -0.25) is 4.79 Å². The van der Waals surface area contributed by atoms with Crippen molar-refractivity contribution in [1.82, 2.24) is 10.2 Å². The Morgan fingerprint density at radius 1 is 1.28 bits per heavy atom. The van der Waals surface area contributed by atoms with Crippen molar-refractivity contribution in [3.8, 4) is 0 Å². The summed E-state index contributed by atoms with van der Waals surface area (Å²) >= 11 is 0. The highest BCUT2D eigenvalue weighted by molar-refractivity contribution is 5.81. The van der Waals surface area contributed by atoms with E-state index < -0.39 is 0 Å². The first-order valence-corrected chi connectivity index (χ1v) is 7.56. The van der Waals surface area contributed by atoms with E-state index in [2.05, 4.69) is 19.2 Å². The molecule has 1 fully saturated rings. The van der Waals surface area contributed by atoms with Crippen molar-refractivity contribution >= 4 is 5.91 Å². The second-order valence-corrected chi connectivity index (χ2v) is 5.77. The van der Waals surface area contributed by atoms with Gasteiger partial charge in [0.25, 0.3) is 0 Å². The first kappa shape index (κ1) is 15.5. The summed E-state index contributed by atoms with van der Waals surface area (Å²) in [7, 11) is 0. The fourth-order valence-corrected chi connectivity index (χ4v) is 3.02. The van der Waals surface area contributed by atoms with Crippen LogP contribution in [-0.2, 0) is 4.79 Å². The lowest BCUT2D eigenvalue weighted by Crippen LogP contribution is -2.51. The average Bonchev–Trinajstić information content (AvgIpc) is 2.36. The van der Waals surface area contributed by atoms with Gasteiger partial charge in [-0.25, -0.2) is 0 Å². The summed E-state index contributed by atoms with van der Waals surface area (Å²) < 4.78 is 0. The SMILES string of the molecule is CCN(CC)C(=O)C(C)NC1CCCC(C)C1C. The van der Waals surface area contributed by atoms with Gasteiger partial charge in [0.15, 0.2) is 0 Å². The standard InChI is InChI=1S/C15H30N2O/c1-6-17(7-2)15(18)13(5)16-14-10-8-9-11(3)12(14)4/h11-14,16H,6-10H2,1-5H3. The minimum absolute atomic E-state index is 0.0531. The second kappa shape index (κ2) is 7.13. The minimum atomic E-state index is -0.0531. The van der Waals surface area contributed by atoms with E-state index in [0.29, 0.717) is 12.0 Å². The summed E-state index contributed by atoms with van der Waals surface area (Å²) in [6, 6.07) is 0.450. The number of hydrogen-bond donors (Lipinski definition) is 1. The van der Waals surface area contributed by atoms with Gasteiger partial charge in [-0.1, -0.05) is 26.7 Å². The molecule has 1 amide bonds. The number of nitrogens with one attached hydrogen (secondary N) is 1. The van der Waals surface area contributed by atoms with E-state index in [4.69, 9.17) is 0 Å². The van der Waals surface area contributed by atoms with Gasteiger partial charge in [-0.2, -0.15) is 0 Å². The molecule has 0 aromatic heterocycles. The molecule has 1 aliphatic carbocycles. The highest BCUT2D eigenvalue weighted by atomic mass is 16.2. The molecule has 18 heavy (non-hydrogen) atoms. The van der Waals surface area contributed by atoms with Crippen molar-refractivity contribution in [2.75, 3.05) is 13.1 Å². The lowest BCUT2D eigenvalue weighted by Gasteiger charge is -2.37. The summed E-state index contributed by atoms with van der Waals surface area (Å²) in [6.45, 7) is 12.3. The van der Waals surface area contributed by atoms with Gasteiger partial charge < -0.3 is 10.2 Å². The number of hydrogen-bond acceptors (Lipinski definition) is 2. The number of rotatable bonds is 5. The first-order chi connectivity index (χ1) is 8.51. The normalized spacial score (nSPS) is 29.9. The van der Waals surface area contributed by atoms with Gasteiger partial charge in [-0.05, 0) is 39.0 Å². The smallest absolute Gasteiger partial charge is 0.239 e. The largest absolute Gasteiger partial charge is 0.342 e. The average molecular weight is 254 g/mol. The third-order valence-electron chi connectivity index (χ3n) is 4.62. The van der Waals surface area contributed by atoms with Gasteiger partial charge in [0.1, 0.15) is 0 Å². The molecule has 0 spiro atoms. The molecule has 0 saturated heterocycles. The predicted octanol–water partition coefficient (Wildman–Crippen LogP) is 2.66. The van der Waals surface area contributed by atoms with Crippen LogP contribution in [0.1, 0.15) is 53.9 Å². The summed E-state index contributed by atoms with van der Waals surface area (Å²) in [5.41, 5.74) is 0. The molecule has 1 rings (SSSR count). The quantitative estimate of drug-likeness (QED) is 0.818. The molecule has 1 saturated carbocycles. The molecule has 3 nitrogen and oxygen atoms in total. The zero-order valence-electron chi connectivity index (χ0n) is 12.7. The molecule has 3 heteroatoms. The van der Waals surface area contributed by atoms with E-state index in [9.17, 15) is 4.79 Å². The van der Waals surface area contributed by atoms with Gasteiger partial charge in [0.05, 0.1) is 6.04 Å². The molecular formula is C15H30N2O. The van der Waals surface area contributed by atoms with Crippen LogP contribution in [0.4, 0.5) is 0 Å². The lowest BCUT2D eigenvalue weighted by molar-refractivity contribution is -0.133. The van der Waals surface area contributed by atoms with Crippen LogP contribution in [0.5, 0.6) is 0 Å². The fraction of sp³-hybridized carbons (Fsp3) is 0.933. The van der Waals surface area contributed by atoms with E-state index in [0.717, 1.165) is 19.0 Å². The van der Waals surface area contributed by atoms with Crippen molar-refractivity contribution in [3.05, 3.63) is 0 Å². The molecule has 4 atom stereocenters. The Morgan fingerprint density at radius 2 is 1.89 bits per heavy atom. The van der Waals surface area contributed by atoms with E-state index in [-0.39, 0.29) is 11.9 Å². The van der Waals surface area contributed by atoms with Crippen molar-refractivity contribution in [2.24, 2.45) is 11.8 Å². The highest BCUT2D eigenvalue weighted by Crippen LogP contribution is 2.29. The van der Waals surface area contributed by atoms with Gasteiger partial charge in [-0.15, -0.1) is 0 Å². The Kier molecular flexibility index (Phi) is 6.13. The topological polar surface area (TPSA) is 32.3 Å². The molecule has 0 bridgehead atoms. The van der Waals surface area contributed by atoms with Crippen molar-refractivity contribution < 1.29 is 4.79 Å². The molecule has 4 unspecified atom stereocenters. The maximum Gasteiger partial charge on any atom is 0.239 e. The summed E-state index contributed by atoms with van der Waals surface area (Å²) in [4.78, 5) is 14.1. The predicted molar refractivity (Wildman–Crippen MR) is 76.5 cm³/mol. The Hall–Kier alpha value is -0.570. The summed E-state index contributed by atoms with van der Waals surface area (Å²) in [5.74, 6) is 1.68. The van der Waals surface area contributed by atoms with E-state index in [1.165, 1.54) is 19.3 Å². The third-order valence-corrected chi connectivity index (χ3v) is 4.62. The minimum Gasteiger partial charge on any atom is -0.342 e. The third kappa shape index (κ3) is 3.71. The van der Waals surface area contributed by atoms with Crippen molar-refractivity contribution in [3.63, 3.8) is 0 Å². The molecule has 0 radical (unpaired) electrons. The number of nitrogens with zero attached hydrogens (tertiary/aromatic N) is 1.